The maximum atomic E-state index is 12.2. The molecule has 0 aliphatic heterocycles. The van der Waals surface area contributed by atoms with Crippen molar-refractivity contribution in [3.8, 4) is 0 Å². The molecule has 0 aromatic heterocycles. The summed E-state index contributed by atoms with van der Waals surface area (Å²) in [6, 6.07) is 8.68. The standard InChI is InChI=1S/C33H45BrN2O3.C2H6.CH4O/c1-9-16-35-32(33(24(5)34)36-21-26-10-12-27(13-11-26)22(2)3)20-31(39-8)17-23(4)28-14-15-30(38-7)19-29(18-28)25(6)37;2*1-2/h10-15,17-20,22,30,32,35-36H,9,16,21H2,1-8H3;1-2H3;2H,1H3/b23-17+,31-20?,33-24-;;. The smallest absolute Gasteiger partial charge is 0.159 e. The Labute approximate surface area is 269 Å². The fraction of sp³-hybridized carbons (Fsp3) is 0.472. The van der Waals surface area contributed by atoms with E-state index in [-0.39, 0.29) is 17.9 Å². The number of aliphatic hydroxyl groups excluding tert-OH is 1. The van der Waals surface area contributed by atoms with Gasteiger partial charge in [-0.05, 0) is 86.2 Å². The first-order chi connectivity index (χ1) is 20.6. The van der Waals surface area contributed by atoms with Crippen LogP contribution in [-0.4, -0.2) is 50.9 Å². The lowest BCUT2D eigenvalue weighted by molar-refractivity contribution is -0.113. The second-order valence-corrected chi connectivity index (χ2v) is 11.3. The monoisotopic (exact) mass is 658 g/mol. The lowest BCUT2D eigenvalue weighted by Gasteiger charge is -2.23. The molecule has 7 heteroatoms. The summed E-state index contributed by atoms with van der Waals surface area (Å²) in [7, 11) is 4.32. The van der Waals surface area contributed by atoms with Crippen LogP contribution < -0.4 is 10.6 Å². The van der Waals surface area contributed by atoms with E-state index in [4.69, 9.17) is 14.6 Å². The van der Waals surface area contributed by atoms with E-state index in [1.807, 2.05) is 51.2 Å². The molecule has 2 rings (SSSR count). The fourth-order valence-corrected chi connectivity index (χ4v) is 4.54. The van der Waals surface area contributed by atoms with Crippen molar-refractivity contribution in [1.29, 1.82) is 0 Å². The second kappa shape index (κ2) is 22.8. The number of halogens is 1. The molecule has 3 N–H and O–H groups in total. The molecule has 0 fully saturated rings. The van der Waals surface area contributed by atoms with Gasteiger partial charge in [0.25, 0.3) is 0 Å². The third-order valence-electron chi connectivity index (χ3n) is 6.61. The van der Waals surface area contributed by atoms with Crippen molar-refractivity contribution in [2.24, 2.45) is 0 Å². The lowest BCUT2D eigenvalue weighted by Crippen LogP contribution is -2.36. The van der Waals surface area contributed by atoms with Gasteiger partial charge in [0.05, 0.1) is 19.3 Å². The molecule has 0 spiro atoms. The van der Waals surface area contributed by atoms with Gasteiger partial charge in [-0.2, -0.15) is 0 Å². The maximum Gasteiger partial charge on any atom is 0.159 e. The van der Waals surface area contributed by atoms with Gasteiger partial charge in [-0.15, -0.1) is 0 Å². The number of hydrogen-bond acceptors (Lipinski definition) is 6. The predicted octanol–water partition coefficient (Wildman–Crippen LogP) is 8.03. The average Bonchev–Trinajstić information content (AvgIpc) is 3.24. The van der Waals surface area contributed by atoms with Crippen LogP contribution in [0.1, 0.15) is 78.9 Å². The van der Waals surface area contributed by atoms with Gasteiger partial charge in [-0.3, -0.25) is 4.79 Å². The number of hydrogen-bond donors (Lipinski definition) is 3. The van der Waals surface area contributed by atoms with E-state index in [9.17, 15) is 4.79 Å². The molecular weight excluding hydrogens is 604 g/mol. The number of nitrogens with one attached hydrogen (secondary N) is 2. The Morgan fingerprint density at radius 1 is 1.07 bits per heavy atom. The fourth-order valence-electron chi connectivity index (χ4n) is 4.15. The first-order valence-corrected chi connectivity index (χ1v) is 15.9. The van der Waals surface area contributed by atoms with Crippen molar-refractivity contribution in [1.82, 2.24) is 10.6 Å². The van der Waals surface area contributed by atoms with Crippen LogP contribution in [-0.2, 0) is 20.8 Å². The van der Waals surface area contributed by atoms with Gasteiger partial charge in [-0.25, -0.2) is 0 Å². The van der Waals surface area contributed by atoms with Crippen LogP contribution in [0.25, 0.3) is 0 Å². The zero-order valence-corrected chi connectivity index (χ0v) is 29.8. The van der Waals surface area contributed by atoms with Crippen LogP contribution in [0.15, 0.2) is 93.4 Å². The first kappa shape index (κ1) is 40.3. The van der Waals surface area contributed by atoms with E-state index in [0.29, 0.717) is 18.0 Å². The van der Waals surface area contributed by atoms with E-state index in [1.54, 1.807) is 21.1 Å². The molecule has 6 nitrogen and oxygen atoms in total. The zero-order valence-electron chi connectivity index (χ0n) is 28.2. The van der Waals surface area contributed by atoms with E-state index in [2.05, 4.69) is 84.6 Å². The number of ketones is 1. The minimum Gasteiger partial charge on any atom is -0.497 e. The van der Waals surface area contributed by atoms with Gasteiger partial charge in [0.2, 0.25) is 0 Å². The van der Waals surface area contributed by atoms with E-state index >= 15 is 0 Å². The molecule has 240 valence electrons. The molecule has 1 aromatic carbocycles. The normalized spacial score (nSPS) is 16.4. The molecular formula is C36H55BrN2O4. The summed E-state index contributed by atoms with van der Waals surface area (Å²) >= 11 is 3.73. The molecule has 0 heterocycles. The van der Waals surface area contributed by atoms with Gasteiger partial charge in [0.15, 0.2) is 5.78 Å². The van der Waals surface area contributed by atoms with Crippen molar-refractivity contribution in [3.05, 3.63) is 105 Å². The Morgan fingerprint density at radius 3 is 2.19 bits per heavy atom. The molecule has 0 bridgehead atoms. The van der Waals surface area contributed by atoms with Gasteiger partial charge in [0.1, 0.15) is 5.76 Å². The van der Waals surface area contributed by atoms with Crippen molar-refractivity contribution in [2.75, 3.05) is 27.9 Å². The second-order valence-electron chi connectivity index (χ2n) is 10.1. The molecule has 1 aliphatic carbocycles. The predicted molar refractivity (Wildman–Crippen MR) is 186 cm³/mol. The van der Waals surface area contributed by atoms with Crippen molar-refractivity contribution >= 4 is 21.7 Å². The summed E-state index contributed by atoms with van der Waals surface area (Å²) in [5.41, 5.74) is 6.17. The van der Waals surface area contributed by atoms with Crippen LogP contribution >= 0.6 is 15.9 Å². The number of methoxy groups -OCH3 is 2. The zero-order chi connectivity index (χ0) is 32.9. The summed E-state index contributed by atoms with van der Waals surface area (Å²) in [5, 5.41) is 14.3. The first-order valence-electron chi connectivity index (χ1n) is 15.1. The highest BCUT2D eigenvalue weighted by atomic mass is 79.9. The average molecular weight is 660 g/mol. The summed E-state index contributed by atoms with van der Waals surface area (Å²) in [6.07, 6.45) is 12.6. The SMILES string of the molecule is CC.CCCNC(C=C(/C=C(\C)C1=CC(C(C)=O)=CC(OC)C=C1)OC)/C(NCc1ccc(C(C)C)cc1)=C(\C)Br.CO. The largest absolute Gasteiger partial charge is 0.497 e. The number of carbonyl (C=O) groups is 1. The van der Waals surface area contributed by atoms with Gasteiger partial charge in [0, 0.05) is 36.5 Å². The molecule has 0 saturated carbocycles. The highest BCUT2D eigenvalue weighted by molar-refractivity contribution is 9.11. The Hall–Kier alpha value is -2.71. The van der Waals surface area contributed by atoms with Crippen LogP contribution in [0.2, 0.25) is 0 Å². The molecule has 0 amide bonds. The topological polar surface area (TPSA) is 79.8 Å². The third kappa shape index (κ3) is 14.5. The van der Waals surface area contributed by atoms with Crippen molar-refractivity contribution in [2.45, 2.75) is 86.4 Å². The summed E-state index contributed by atoms with van der Waals surface area (Å²) < 4.78 is 12.3. The molecule has 0 saturated heterocycles. The summed E-state index contributed by atoms with van der Waals surface area (Å²) in [5.74, 6) is 1.25. The number of aliphatic hydroxyl groups is 1. The highest BCUT2D eigenvalue weighted by Crippen LogP contribution is 2.23. The third-order valence-corrected chi connectivity index (χ3v) is 7.03. The minimum absolute atomic E-state index is 0.00452. The number of carbonyl (C=O) groups excluding carboxylic acids is 1. The van der Waals surface area contributed by atoms with Crippen LogP contribution in [0.3, 0.4) is 0 Å². The van der Waals surface area contributed by atoms with Crippen molar-refractivity contribution in [3.63, 3.8) is 0 Å². The Balaban J connectivity index is 0.00000422. The Kier molecular flexibility index (Phi) is 21.3. The lowest BCUT2D eigenvalue weighted by atomic mass is 10.0. The molecule has 1 aromatic rings. The maximum absolute atomic E-state index is 12.2. The highest BCUT2D eigenvalue weighted by Gasteiger charge is 2.16. The minimum atomic E-state index is -0.243. The van der Waals surface area contributed by atoms with Crippen molar-refractivity contribution < 1.29 is 19.4 Å². The van der Waals surface area contributed by atoms with Crippen LogP contribution in [0.5, 0.6) is 0 Å². The number of ether oxygens (including phenoxy) is 2. The summed E-state index contributed by atoms with van der Waals surface area (Å²) in [4.78, 5) is 12.2. The molecule has 1 aliphatic rings. The molecule has 2 atom stereocenters. The van der Waals surface area contributed by atoms with Crippen LogP contribution in [0, 0.1) is 0 Å². The van der Waals surface area contributed by atoms with E-state index in [1.165, 1.54) is 11.1 Å². The van der Waals surface area contributed by atoms with Gasteiger partial charge in [-0.1, -0.05) is 87.0 Å². The Morgan fingerprint density at radius 2 is 1.70 bits per heavy atom. The van der Waals surface area contributed by atoms with E-state index in [0.717, 1.165) is 47.2 Å². The van der Waals surface area contributed by atoms with Gasteiger partial charge < -0.3 is 25.2 Å². The van der Waals surface area contributed by atoms with Crippen LogP contribution in [0.4, 0.5) is 0 Å². The molecule has 43 heavy (non-hydrogen) atoms. The summed E-state index contributed by atoms with van der Waals surface area (Å²) in [6.45, 7) is 17.8. The molecule has 2 unspecified atom stereocenters. The quantitative estimate of drug-likeness (QED) is 0.139. The number of Topliss-reactive ketones (excluding diaryl/α,β-unsaturated/α-hetero) is 1. The number of allylic oxidation sites excluding steroid dienone is 7. The molecule has 0 radical (unpaired) electrons. The Bertz CT molecular complexity index is 1150. The van der Waals surface area contributed by atoms with E-state index < -0.39 is 0 Å². The van der Waals surface area contributed by atoms with Gasteiger partial charge >= 0.3 is 0 Å². The number of rotatable bonds is 14. The number of benzene rings is 1.